The van der Waals surface area contributed by atoms with Gasteiger partial charge in [-0.3, -0.25) is 4.90 Å². The van der Waals surface area contributed by atoms with Crippen LogP contribution in [0.25, 0.3) is 0 Å². The average molecular weight is 344 g/mol. The van der Waals surface area contributed by atoms with Crippen LogP contribution in [0.4, 0.5) is 0 Å². The number of unbranched alkanes of at least 4 members (excludes halogenated alkanes) is 14. The number of rotatable bonds is 18. The summed E-state index contributed by atoms with van der Waals surface area (Å²) in [5.41, 5.74) is 0. The first-order chi connectivity index (χ1) is 11.5. The first-order valence-corrected chi connectivity index (χ1v) is 10.7. The molecule has 24 heavy (non-hydrogen) atoms. The van der Waals surface area contributed by atoms with E-state index < -0.39 is 5.91 Å². The highest BCUT2D eigenvalue weighted by Crippen LogP contribution is 2.17. The molecule has 0 saturated heterocycles. The van der Waals surface area contributed by atoms with Crippen molar-refractivity contribution < 1.29 is 10.2 Å². The topological polar surface area (TPSA) is 43.7 Å². The Morgan fingerprint density at radius 2 is 0.917 bits per heavy atom. The lowest BCUT2D eigenvalue weighted by molar-refractivity contribution is -0.259. The summed E-state index contributed by atoms with van der Waals surface area (Å²) in [5, 5.41) is 19.7. The zero-order chi connectivity index (χ0) is 18.1. The Morgan fingerprint density at radius 1 is 0.583 bits per heavy atom. The van der Waals surface area contributed by atoms with E-state index in [1.165, 1.54) is 83.5 Å². The molecule has 0 rings (SSSR count). The molecule has 0 fully saturated rings. The van der Waals surface area contributed by atoms with E-state index in [1.807, 2.05) is 6.92 Å². The van der Waals surface area contributed by atoms with Crippen molar-refractivity contribution in [3.8, 4) is 0 Å². The highest BCUT2D eigenvalue weighted by molar-refractivity contribution is 4.63. The summed E-state index contributed by atoms with van der Waals surface area (Å²) in [6, 6.07) is 0. The molecule has 0 saturated carbocycles. The number of hydrogen-bond donors (Lipinski definition) is 2. The molecule has 0 atom stereocenters. The SMILES string of the molecule is CCCCCCCCCCCCCCCCCC(O)(O)N(C)CC. The zero-order valence-corrected chi connectivity index (χ0v) is 16.9. The molecule has 0 aromatic rings. The fourth-order valence-electron chi connectivity index (χ4n) is 3.18. The Hall–Kier alpha value is -0.120. The fraction of sp³-hybridized carbons (Fsp3) is 1.00. The Bertz CT molecular complexity index is 256. The quantitative estimate of drug-likeness (QED) is 0.243. The minimum atomic E-state index is -1.62. The van der Waals surface area contributed by atoms with Gasteiger partial charge in [0.25, 0.3) is 0 Å². The minimum absolute atomic E-state index is 0.454. The van der Waals surface area contributed by atoms with Gasteiger partial charge in [-0.25, -0.2) is 0 Å². The molecule has 0 aromatic heterocycles. The standard InChI is InChI=1S/C21H45NO2/c1-4-6-7-8-9-10-11-12-13-14-15-16-17-18-19-20-21(23,24)22(3)5-2/h23-24H,4-20H2,1-3H3. The van der Waals surface area contributed by atoms with Crippen molar-refractivity contribution in [1.82, 2.24) is 4.90 Å². The summed E-state index contributed by atoms with van der Waals surface area (Å²) >= 11 is 0. The highest BCUT2D eigenvalue weighted by Gasteiger charge is 2.26. The van der Waals surface area contributed by atoms with Gasteiger partial charge in [0.2, 0.25) is 5.91 Å². The van der Waals surface area contributed by atoms with E-state index >= 15 is 0 Å². The van der Waals surface area contributed by atoms with Gasteiger partial charge in [-0.2, -0.15) is 0 Å². The Balaban J connectivity index is 3.21. The predicted octanol–water partition coefficient (Wildman–Crippen LogP) is 5.84. The third-order valence-electron chi connectivity index (χ3n) is 5.20. The molecule has 146 valence electrons. The summed E-state index contributed by atoms with van der Waals surface area (Å²) in [4.78, 5) is 1.59. The highest BCUT2D eigenvalue weighted by atomic mass is 16.5. The van der Waals surface area contributed by atoms with Gasteiger partial charge in [0.15, 0.2) is 0 Å². The van der Waals surface area contributed by atoms with Crippen LogP contribution < -0.4 is 0 Å². The number of hydrogen-bond acceptors (Lipinski definition) is 3. The zero-order valence-electron chi connectivity index (χ0n) is 16.9. The number of nitrogens with zero attached hydrogens (tertiary/aromatic N) is 1. The van der Waals surface area contributed by atoms with Gasteiger partial charge in [-0.1, -0.05) is 104 Å². The monoisotopic (exact) mass is 343 g/mol. The van der Waals surface area contributed by atoms with E-state index in [4.69, 9.17) is 0 Å². The molecule has 3 nitrogen and oxygen atoms in total. The predicted molar refractivity (Wildman–Crippen MR) is 105 cm³/mol. The van der Waals surface area contributed by atoms with Crippen LogP contribution in [0.2, 0.25) is 0 Å². The molecule has 0 radical (unpaired) electrons. The molecule has 0 bridgehead atoms. The van der Waals surface area contributed by atoms with E-state index in [0.717, 1.165) is 12.8 Å². The summed E-state index contributed by atoms with van der Waals surface area (Å²) in [5.74, 6) is -1.62. The van der Waals surface area contributed by atoms with E-state index in [0.29, 0.717) is 13.0 Å². The second-order valence-corrected chi connectivity index (χ2v) is 7.49. The van der Waals surface area contributed by atoms with Gasteiger partial charge in [-0.05, 0) is 20.0 Å². The molecule has 2 N–H and O–H groups in total. The molecule has 0 aliphatic carbocycles. The third-order valence-corrected chi connectivity index (χ3v) is 5.20. The largest absolute Gasteiger partial charge is 0.353 e. The van der Waals surface area contributed by atoms with Gasteiger partial charge in [0, 0.05) is 6.42 Å². The lowest BCUT2D eigenvalue weighted by Crippen LogP contribution is -2.46. The van der Waals surface area contributed by atoms with Crippen molar-refractivity contribution in [2.24, 2.45) is 0 Å². The molecular weight excluding hydrogens is 298 g/mol. The van der Waals surface area contributed by atoms with E-state index in [1.54, 1.807) is 11.9 Å². The maximum Gasteiger partial charge on any atom is 0.224 e. The van der Waals surface area contributed by atoms with Crippen LogP contribution in [-0.4, -0.2) is 34.6 Å². The van der Waals surface area contributed by atoms with Crippen LogP contribution in [0.3, 0.4) is 0 Å². The van der Waals surface area contributed by atoms with Crippen molar-refractivity contribution >= 4 is 0 Å². The summed E-state index contributed by atoms with van der Waals surface area (Å²) < 4.78 is 0. The smallest absolute Gasteiger partial charge is 0.224 e. The Labute approximate surface area is 151 Å². The average Bonchev–Trinajstić information content (AvgIpc) is 2.57. The lowest BCUT2D eigenvalue weighted by Gasteiger charge is -2.31. The van der Waals surface area contributed by atoms with Crippen molar-refractivity contribution in [3.05, 3.63) is 0 Å². The summed E-state index contributed by atoms with van der Waals surface area (Å²) in [7, 11) is 1.76. The van der Waals surface area contributed by atoms with E-state index in [2.05, 4.69) is 6.92 Å². The van der Waals surface area contributed by atoms with E-state index in [9.17, 15) is 10.2 Å². The Morgan fingerprint density at radius 3 is 1.25 bits per heavy atom. The van der Waals surface area contributed by atoms with E-state index in [-0.39, 0.29) is 0 Å². The second-order valence-electron chi connectivity index (χ2n) is 7.49. The second kappa shape index (κ2) is 16.4. The molecule has 0 aliphatic heterocycles. The van der Waals surface area contributed by atoms with Crippen LogP contribution in [0.1, 0.15) is 117 Å². The molecule has 0 unspecified atom stereocenters. The number of aliphatic hydroxyl groups is 2. The minimum Gasteiger partial charge on any atom is -0.353 e. The summed E-state index contributed by atoms with van der Waals surface area (Å²) in [6.07, 6.45) is 20.4. The molecule has 3 heteroatoms. The van der Waals surface area contributed by atoms with Crippen molar-refractivity contribution in [1.29, 1.82) is 0 Å². The van der Waals surface area contributed by atoms with Gasteiger partial charge in [0.1, 0.15) is 0 Å². The van der Waals surface area contributed by atoms with Gasteiger partial charge >= 0.3 is 0 Å². The van der Waals surface area contributed by atoms with Crippen molar-refractivity contribution in [2.75, 3.05) is 13.6 Å². The Kier molecular flexibility index (Phi) is 16.3. The van der Waals surface area contributed by atoms with Crippen LogP contribution in [0.15, 0.2) is 0 Å². The van der Waals surface area contributed by atoms with Gasteiger partial charge in [0.05, 0.1) is 0 Å². The van der Waals surface area contributed by atoms with Crippen LogP contribution >= 0.6 is 0 Å². The third kappa shape index (κ3) is 14.2. The molecule has 0 aliphatic rings. The maximum absolute atomic E-state index is 9.87. The first-order valence-electron chi connectivity index (χ1n) is 10.7. The molecule has 0 aromatic carbocycles. The molecule has 0 spiro atoms. The normalized spacial score (nSPS) is 12.2. The van der Waals surface area contributed by atoms with Gasteiger partial charge < -0.3 is 10.2 Å². The first kappa shape index (κ1) is 23.9. The lowest BCUT2D eigenvalue weighted by atomic mass is 10.0. The van der Waals surface area contributed by atoms with Crippen LogP contribution in [0, 0.1) is 0 Å². The molecule has 0 amide bonds. The molecule has 0 heterocycles. The fourth-order valence-corrected chi connectivity index (χ4v) is 3.18. The maximum atomic E-state index is 9.87. The summed E-state index contributed by atoms with van der Waals surface area (Å²) in [6.45, 7) is 4.87. The van der Waals surface area contributed by atoms with Crippen LogP contribution in [-0.2, 0) is 0 Å². The van der Waals surface area contributed by atoms with Crippen molar-refractivity contribution in [3.63, 3.8) is 0 Å². The van der Waals surface area contributed by atoms with Crippen LogP contribution in [0.5, 0.6) is 0 Å². The van der Waals surface area contributed by atoms with Gasteiger partial charge in [-0.15, -0.1) is 0 Å². The van der Waals surface area contributed by atoms with Crippen molar-refractivity contribution in [2.45, 2.75) is 122 Å². The molecular formula is C21H45NO2.